The van der Waals surface area contributed by atoms with Crippen LogP contribution in [0.1, 0.15) is 0 Å². The summed E-state index contributed by atoms with van der Waals surface area (Å²) in [5.74, 6) is -0.823. The highest BCUT2D eigenvalue weighted by molar-refractivity contribution is 7.91. The van der Waals surface area contributed by atoms with E-state index in [2.05, 4.69) is 0 Å². The molecule has 4 N–H and O–H groups in total. The van der Waals surface area contributed by atoms with Crippen LogP contribution in [0.15, 0.2) is 94.7 Å². The fourth-order valence-corrected chi connectivity index (χ4v) is 4.83. The Balaban J connectivity index is 1.85. The van der Waals surface area contributed by atoms with E-state index in [1.54, 1.807) is 36.4 Å². The number of phenolic OH excluding ortho intramolecular Hbond substituents is 4. The molecule has 0 unspecified atom stereocenters. The molecule has 0 aromatic heterocycles. The maximum absolute atomic E-state index is 13.4. The maximum Gasteiger partial charge on any atom is 0.213 e. The van der Waals surface area contributed by atoms with E-state index in [4.69, 9.17) is 0 Å². The van der Waals surface area contributed by atoms with Gasteiger partial charge in [0.1, 0.15) is 32.8 Å². The molecule has 0 bridgehead atoms. The Morgan fingerprint density at radius 3 is 1.19 bits per heavy atom. The van der Waals surface area contributed by atoms with Gasteiger partial charge in [0, 0.05) is 11.1 Å². The molecule has 0 aliphatic carbocycles. The number of aromatic hydroxyl groups is 4. The molecule has 0 spiro atoms. The molecule has 4 rings (SSSR count). The summed E-state index contributed by atoms with van der Waals surface area (Å²) >= 11 is 0. The van der Waals surface area contributed by atoms with E-state index >= 15 is 0 Å². The van der Waals surface area contributed by atoms with E-state index in [0.29, 0.717) is 11.1 Å². The van der Waals surface area contributed by atoms with Crippen LogP contribution in [0.3, 0.4) is 0 Å². The van der Waals surface area contributed by atoms with Crippen LogP contribution < -0.4 is 0 Å². The Bertz CT molecular complexity index is 1260. The summed E-state index contributed by atoms with van der Waals surface area (Å²) in [6.07, 6.45) is 0. The molecular formula is C24H18O6S. The average Bonchev–Trinajstić information content (AvgIpc) is 2.75. The van der Waals surface area contributed by atoms with E-state index in [0.717, 1.165) is 0 Å². The van der Waals surface area contributed by atoms with Crippen LogP contribution in [0.4, 0.5) is 0 Å². The second kappa shape index (κ2) is 7.70. The lowest BCUT2D eigenvalue weighted by Crippen LogP contribution is -2.04. The first kappa shape index (κ1) is 20.3. The molecule has 4 aromatic rings. The standard InChI is InChI=1S/C24H18O6S/c25-17-11-7-15(8-12-17)19-3-1-5-21(23(19)27)31(29,30)22-6-2-4-20(24(22)28)16-9-13-18(26)14-10-16/h1-14,25-28H. The first-order chi connectivity index (χ1) is 14.8. The van der Waals surface area contributed by atoms with Gasteiger partial charge in [-0.2, -0.15) is 0 Å². The predicted octanol–water partition coefficient (Wildman–Crippen LogP) is 4.68. The molecule has 6 nitrogen and oxygen atoms in total. The van der Waals surface area contributed by atoms with Crippen molar-refractivity contribution in [2.75, 3.05) is 0 Å². The molecular weight excluding hydrogens is 416 g/mol. The Hall–Kier alpha value is -3.97. The summed E-state index contributed by atoms with van der Waals surface area (Å²) in [6, 6.07) is 20.6. The molecule has 4 aromatic carbocycles. The van der Waals surface area contributed by atoms with Crippen molar-refractivity contribution in [2.45, 2.75) is 9.79 Å². The number of benzene rings is 4. The molecule has 0 aliphatic rings. The molecule has 7 heteroatoms. The second-order valence-corrected chi connectivity index (χ2v) is 8.79. The van der Waals surface area contributed by atoms with Crippen LogP contribution in [0, 0.1) is 0 Å². The van der Waals surface area contributed by atoms with Crippen LogP contribution in [0.2, 0.25) is 0 Å². The van der Waals surface area contributed by atoms with Crippen molar-refractivity contribution < 1.29 is 28.8 Å². The van der Waals surface area contributed by atoms with Gasteiger partial charge in [-0.25, -0.2) is 8.42 Å². The van der Waals surface area contributed by atoms with Crippen molar-refractivity contribution in [1.82, 2.24) is 0 Å². The molecule has 0 aliphatic heterocycles. The third kappa shape index (κ3) is 3.67. The van der Waals surface area contributed by atoms with Gasteiger partial charge < -0.3 is 20.4 Å². The quantitative estimate of drug-likeness (QED) is 0.371. The summed E-state index contributed by atoms with van der Waals surface area (Å²) in [5.41, 5.74) is 1.59. The fourth-order valence-electron chi connectivity index (χ4n) is 3.34. The van der Waals surface area contributed by atoms with Crippen molar-refractivity contribution in [2.24, 2.45) is 0 Å². The summed E-state index contributed by atoms with van der Waals surface area (Å²) in [6.45, 7) is 0. The van der Waals surface area contributed by atoms with Crippen molar-refractivity contribution in [3.8, 4) is 45.3 Å². The topological polar surface area (TPSA) is 115 Å². The van der Waals surface area contributed by atoms with Gasteiger partial charge in [-0.1, -0.05) is 48.5 Å². The number of rotatable bonds is 4. The maximum atomic E-state index is 13.4. The highest BCUT2D eigenvalue weighted by atomic mass is 32.2. The van der Waals surface area contributed by atoms with Crippen LogP contribution in [-0.2, 0) is 9.84 Å². The van der Waals surface area contributed by atoms with Gasteiger partial charge in [0.05, 0.1) is 0 Å². The Morgan fingerprint density at radius 1 is 0.484 bits per heavy atom. The Labute approximate surface area is 178 Å². The monoisotopic (exact) mass is 434 g/mol. The lowest BCUT2D eigenvalue weighted by Gasteiger charge is -2.14. The number of hydrogen-bond acceptors (Lipinski definition) is 6. The third-order valence-electron chi connectivity index (χ3n) is 4.93. The van der Waals surface area contributed by atoms with E-state index in [-0.39, 0.29) is 32.4 Å². The van der Waals surface area contributed by atoms with E-state index in [9.17, 15) is 28.8 Å². The van der Waals surface area contributed by atoms with Gasteiger partial charge in [-0.3, -0.25) is 0 Å². The van der Waals surface area contributed by atoms with Gasteiger partial charge in [-0.05, 0) is 47.5 Å². The van der Waals surface area contributed by atoms with Gasteiger partial charge in [0.25, 0.3) is 0 Å². The number of para-hydroxylation sites is 2. The van der Waals surface area contributed by atoms with Crippen LogP contribution >= 0.6 is 0 Å². The molecule has 0 fully saturated rings. The predicted molar refractivity (Wildman–Crippen MR) is 116 cm³/mol. The molecule has 0 saturated heterocycles. The van der Waals surface area contributed by atoms with Gasteiger partial charge in [-0.15, -0.1) is 0 Å². The summed E-state index contributed by atoms with van der Waals surface area (Å²) in [7, 11) is -4.28. The van der Waals surface area contributed by atoms with E-state index in [1.807, 2.05) is 0 Å². The second-order valence-electron chi connectivity index (χ2n) is 6.90. The minimum Gasteiger partial charge on any atom is -0.508 e. The number of hydrogen-bond donors (Lipinski definition) is 4. The minimum absolute atomic E-state index is 0.0444. The molecule has 0 saturated carbocycles. The zero-order valence-electron chi connectivity index (χ0n) is 16.1. The van der Waals surface area contributed by atoms with Crippen LogP contribution in [0.5, 0.6) is 23.0 Å². The Kier molecular flexibility index (Phi) is 5.04. The van der Waals surface area contributed by atoms with E-state index < -0.39 is 21.3 Å². The molecule has 31 heavy (non-hydrogen) atoms. The zero-order valence-corrected chi connectivity index (χ0v) is 16.9. The fraction of sp³-hybridized carbons (Fsp3) is 0. The van der Waals surface area contributed by atoms with Crippen LogP contribution in [0.25, 0.3) is 22.3 Å². The summed E-state index contributed by atoms with van der Waals surface area (Å²) < 4.78 is 26.7. The first-order valence-electron chi connectivity index (χ1n) is 9.27. The van der Waals surface area contributed by atoms with Gasteiger partial charge in [0.2, 0.25) is 9.84 Å². The lowest BCUT2D eigenvalue weighted by molar-refractivity contribution is 0.454. The zero-order chi connectivity index (χ0) is 22.2. The highest BCUT2D eigenvalue weighted by Gasteiger charge is 2.27. The summed E-state index contributed by atoms with van der Waals surface area (Å²) in [4.78, 5) is -0.701. The minimum atomic E-state index is -4.28. The lowest BCUT2D eigenvalue weighted by atomic mass is 10.0. The largest absolute Gasteiger partial charge is 0.508 e. The highest BCUT2D eigenvalue weighted by Crippen LogP contribution is 2.42. The smallest absolute Gasteiger partial charge is 0.213 e. The molecule has 156 valence electrons. The molecule has 0 atom stereocenters. The summed E-state index contributed by atoms with van der Waals surface area (Å²) in [5, 5.41) is 40.5. The first-order valence-corrected chi connectivity index (χ1v) is 10.7. The van der Waals surface area contributed by atoms with Crippen molar-refractivity contribution in [3.05, 3.63) is 84.9 Å². The molecule has 0 heterocycles. The van der Waals surface area contributed by atoms with Gasteiger partial charge >= 0.3 is 0 Å². The average molecular weight is 434 g/mol. The van der Waals surface area contributed by atoms with Crippen LogP contribution in [-0.4, -0.2) is 28.8 Å². The van der Waals surface area contributed by atoms with Crippen molar-refractivity contribution >= 4 is 9.84 Å². The Morgan fingerprint density at radius 2 is 0.839 bits per heavy atom. The number of sulfone groups is 1. The SMILES string of the molecule is O=S(=O)(c1cccc(-c2ccc(O)cc2)c1O)c1cccc(-c2ccc(O)cc2)c1O. The molecule has 0 radical (unpaired) electrons. The van der Waals surface area contributed by atoms with Gasteiger partial charge in [0.15, 0.2) is 0 Å². The third-order valence-corrected chi connectivity index (χ3v) is 6.75. The van der Waals surface area contributed by atoms with E-state index in [1.165, 1.54) is 48.5 Å². The normalized spacial score (nSPS) is 11.4. The van der Waals surface area contributed by atoms with Crippen molar-refractivity contribution in [3.63, 3.8) is 0 Å². The molecule has 0 amide bonds. The van der Waals surface area contributed by atoms with Crippen molar-refractivity contribution in [1.29, 1.82) is 0 Å². The number of phenols is 4.